The molecule has 2 aromatic carbocycles. The third-order valence-electron chi connectivity index (χ3n) is 5.61. The van der Waals surface area contributed by atoms with Crippen LogP contribution in [0.3, 0.4) is 0 Å². The quantitative estimate of drug-likeness (QED) is 0.260. The van der Waals surface area contributed by atoms with Crippen LogP contribution in [0, 0.1) is 6.92 Å². The Hall–Kier alpha value is -3.50. The molecule has 0 bridgehead atoms. The number of fused-ring (bicyclic) bond motifs is 2. The fraction of sp³-hybridized carbons (Fsp3) is 0.208. The van der Waals surface area contributed by atoms with Gasteiger partial charge >= 0.3 is 0 Å². The molecular weight excluding hydrogens is 470 g/mol. The second kappa shape index (κ2) is 9.03. The standard InChI is InChI=1S/C24H21N5O3S2/c1-4-19-14(2)20-21(34-19)25-24(29(23(20)31)15-8-7-9-16(12-15)32-3)33-13-28-22(30)17-10-5-6-11-18(17)26-27-28/h5-12H,4,13H2,1-3H3. The number of hydrogen-bond donors (Lipinski definition) is 0. The number of rotatable bonds is 6. The van der Waals surface area contributed by atoms with Gasteiger partial charge in [0.15, 0.2) is 5.16 Å². The number of nitrogens with zero attached hydrogens (tertiary/aromatic N) is 5. The van der Waals surface area contributed by atoms with Crippen molar-refractivity contribution < 1.29 is 4.74 Å². The van der Waals surface area contributed by atoms with E-state index in [2.05, 4.69) is 17.2 Å². The van der Waals surface area contributed by atoms with Crippen LogP contribution in [0.1, 0.15) is 17.4 Å². The first-order valence-corrected chi connectivity index (χ1v) is 12.5. The van der Waals surface area contributed by atoms with Crippen LogP contribution < -0.4 is 15.9 Å². The van der Waals surface area contributed by atoms with E-state index in [-0.39, 0.29) is 17.0 Å². The van der Waals surface area contributed by atoms with Crippen molar-refractivity contribution in [3.63, 3.8) is 0 Å². The first kappa shape index (κ1) is 22.3. The minimum Gasteiger partial charge on any atom is -0.497 e. The third-order valence-corrected chi connectivity index (χ3v) is 7.85. The van der Waals surface area contributed by atoms with E-state index in [1.165, 1.54) is 27.8 Å². The van der Waals surface area contributed by atoms with Crippen molar-refractivity contribution in [3.8, 4) is 11.4 Å². The Balaban J connectivity index is 1.65. The molecule has 0 aliphatic heterocycles. The van der Waals surface area contributed by atoms with Gasteiger partial charge in [0, 0.05) is 10.9 Å². The van der Waals surface area contributed by atoms with Gasteiger partial charge < -0.3 is 4.74 Å². The molecule has 10 heteroatoms. The molecule has 0 N–H and O–H groups in total. The molecule has 3 aromatic heterocycles. The predicted molar refractivity (Wildman–Crippen MR) is 136 cm³/mol. The van der Waals surface area contributed by atoms with E-state index in [4.69, 9.17) is 9.72 Å². The molecule has 0 saturated carbocycles. The highest BCUT2D eigenvalue weighted by molar-refractivity contribution is 7.98. The summed E-state index contributed by atoms with van der Waals surface area (Å²) in [5.74, 6) is 0.789. The summed E-state index contributed by atoms with van der Waals surface area (Å²) < 4.78 is 8.24. The van der Waals surface area contributed by atoms with Crippen LogP contribution in [0.4, 0.5) is 0 Å². The van der Waals surface area contributed by atoms with Gasteiger partial charge in [0.1, 0.15) is 16.1 Å². The molecule has 0 unspecified atom stereocenters. The monoisotopic (exact) mass is 491 g/mol. The number of ether oxygens (including phenoxy) is 1. The smallest absolute Gasteiger partial charge is 0.278 e. The predicted octanol–water partition coefficient (Wildman–Crippen LogP) is 4.18. The summed E-state index contributed by atoms with van der Waals surface area (Å²) in [5.41, 5.74) is 1.76. The first-order chi connectivity index (χ1) is 16.5. The zero-order valence-electron chi connectivity index (χ0n) is 18.8. The summed E-state index contributed by atoms with van der Waals surface area (Å²) >= 11 is 2.79. The lowest BCUT2D eigenvalue weighted by Crippen LogP contribution is -2.25. The molecular formula is C24H21N5O3S2. The van der Waals surface area contributed by atoms with Gasteiger partial charge in [-0.15, -0.1) is 16.4 Å². The number of hydrogen-bond acceptors (Lipinski definition) is 8. The molecule has 0 radical (unpaired) electrons. The number of aromatic nitrogens is 5. The van der Waals surface area contributed by atoms with Crippen LogP contribution >= 0.6 is 23.1 Å². The van der Waals surface area contributed by atoms with Crippen molar-refractivity contribution in [3.05, 3.63) is 79.7 Å². The van der Waals surface area contributed by atoms with E-state index in [1.54, 1.807) is 35.9 Å². The van der Waals surface area contributed by atoms with Crippen LogP contribution in [-0.4, -0.2) is 31.7 Å². The van der Waals surface area contributed by atoms with Crippen LogP contribution in [0.15, 0.2) is 63.3 Å². The van der Waals surface area contributed by atoms with Gasteiger partial charge in [-0.3, -0.25) is 14.2 Å². The molecule has 8 nitrogen and oxygen atoms in total. The molecule has 3 heterocycles. The van der Waals surface area contributed by atoms with E-state index in [0.717, 1.165) is 16.9 Å². The van der Waals surface area contributed by atoms with Crippen LogP contribution in [0.5, 0.6) is 5.75 Å². The van der Waals surface area contributed by atoms with Crippen molar-refractivity contribution in [1.29, 1.82) is 0 Å². The Morgan fingerprint density at radius 2 is 1.91 bits per heavy atom. The maximum atomic E-state index is 13.7. The Morgan fingerprint density at radius 1 is 1.09 bits per heavy atom. The van der Waals surface area contributed by atoms with Gasteiger partial charge in [0.05, 0.1) is 29.4 Å². The zero-order chi connectivity index (χ0) is 23.8. The Bertz CT molecular complexity index is 1650. The fourth-order valence-electron chi connectivity index (χ4n) is 3.85. The molecule has 0 atom stereocenters. The summed E-state index contributed by atoms with van der Waals surface area (Å²) in [7, 11) is 1.58. The van der Waals surface area contributed by atoms with Crippen molar-refractivity contribution in [1.82, 2.24) is 24.5 Å². The zero-order valence-corrected chi connectivity index (χ0v) is 20.4. The van der Waals surface area contributed by atoms with Crippen molar-refractivity contribution in [2.45, 2.75) is 31.3 Å². The number of benzene rings is 2. The maximum absolute atomic E-state index is 13.7. The lowest BCUT2D eigenvalue weighted by molar-refractivity contribution is 0.414. The second-order valence-electron chi connectivity index (χ2n) is 7.61. The normalized spacial score (nSPS) is 11.4. The highest BCUT2D eigenvalue weighted by Gasteiger charge is 2.19. The lowest BCUT2D eigenvalue weighted by Gasteiger charge is -2.13. The molecule has 172 valence electrons. The van der Waals surface area contributed by atoms with Crippen molar-refractivity contribution in [2.24, 2.45) is 0 Å². The number of thiophene rings is 1. The molecule has 0 aliphatic carbocycles. The van der Waals surface area contributed by atoms with E-state index >= 15 is 0 Å². The summed E-state index contributed by atoms with van der Waals surface area (Å²) in [6.07, 6.45) is 0.829. The van der Waals surface area contributed by atoms with Crippen LogP contribution in [-0.2, 0) is 12.3 Å². The average molecular weight is 492 g/mol. The Kier molecular flexibility index (Phi) is 5.93. The van der Waals surface area contributed by atoms with Gasteiger partial charge in [-0.1, -0.05) is 42.1 Å². The van der Waals surface area contributed by atoms with Gasteiger partial charge in [0.25, 0.3) is 11.1 Å². The van der Waals surface area contributed by atoms with E-state index in [0.29, 0.717) is 37.7 Å². The summed E-state index contributed by atoms with van der Waals surface area (Å²) in [6, 6.07) is 14.4. The lowest BCUT2D eigenvalue weighted by atomic mass is 10.2. The Labute approximate surface area is 202 Å². The largest absolute Gasteiger partial charge is 0.497 e. The molecule has 0 saturated heterocycles. The Morgan fingerprint density at radius 3 is 2.71 bits per heavy atom. The number of methoxy groups -OCH3 is 1. The average Bonchev–Trinajstić information content (AvgIpc) is 3.19. The minimum absolute atomic E-state index is 0.147. The van der Waals surface area contributed by atoms with Gasteiger partial charge in [-0.2, -0.15) is 4.68 Å². The highest BCUT2D eigenvalue weighted by atomic mass is 32.2. The summed E-state index contributed by atoms with van der Waals surface area (Å²) in [4.78, 5) is 33.3. The maximum Gasteiger partial charge on any atom is 0.278 e. The van der Waals surface area contributed by atoms with E-state index in [1.807, 2.05) is 31.2 Å². The highest BCUT2D eigenvalue weighted by Crippen LogP contribution is 2.31. The van der Waals surface area contributed by atoms with Crippen molar-refractivity contribution in [2.75, 3.05) is 7.11 Å². The molecule has 5 aromatic rings. The summed E-state index contributed by atoms with van der Waals surface area (Å²) in [6.45, 7) is 4.03. The van der Waals surface area contributed by atoms with Crippen LogP contribution in [0.2, 0.25) is 0 Å². The molecule has 0 fully saturated rings. The van der Waals surface area contributed by atoms with Gasteiger partial charge in [-0.05, 0) is 43.2 Å². The molecule has 0 spiro atoms. The van der Waals surface area contributed by atoms with Crippen LogP contribution in [0.25, 0.3) is 26.8 Å². The number of thioether (sulfide) groups is 1. The number of aryl methyl sites for hydroxylation is 2. The van der Waals surface area contributed by atoms with Crippen molar-refractivity contribution >= 4 is 44.2 Å². The topological polar surface area (TPSA) is 91.9 Å². The molecule has 5 rings (SSSR count). The van der Waals surface area contributed by atoms with E-state index < -0.39 is 0 Å². The minimum atomic E-state index is -0.241. The fourth-order valence-corrected chi connectivity index (χ4v) is 5.89. The van der Waals surface area contributed by atoms with Gasteiger partial charge in [-0.25, -0.2) is 4.98 Å². The van der Waals surface area contributed by atoms with E-state index in [9.17, 15) is 9.59 Å². The molecule has 0 amide bonds. The third kappa shape index (κ3) is 3.78. The molecule has 34 heavy (non-hydrogen) atoms. The van der Waals surface area contributed by atoms with Gasteiger partial charge in [0.2, 0.25) is 0 Å². The summed E-state index contributed by atoms with van der Waals surface area (Å²) in [5, 5.41) is 9.80. The first-order valence-electron chi connectivity index (χ1n) is 10.7. The molecule has 0 aliphatic rings. The second-order valence-corrected chi connectivity index (χ2v) is 9.60. The SMILES string of the molecule is CCc1sc2nc(SCn3nnc4ccccc4c3=O)n(-c3cccc(OC)c3)c(=O)c2c1C.